The van der Waals surface area contributed by atoms with Gasteiger partial charge in [-0.3, -0.25) is 14.9 Å². The molecular weight excluding hydrogens is 434 g/mol. The van der Waals surface area contributed by atoms with E-state index in [9.17, 15) is 9.59 Å². The van der Waals surface area contributed by atoms with Crippen LogP contribution in [0.15, 0.2) is 72.8 Å². The van der Waals surface area contributed by atoms with Crippen molar-refractivity contribution in [2.45, 2.75) is 26.7 Å². The number of hydrogen-bond donors (Lipinski definition) is 3. The van der Waals surface area contributed by atoms with Gasteiger partial charge in [-0.25, -0.2) is 0 Å². The molecule has 0 fully saturated rings. The molecule has 0 radical (unpaired) electrons. The van der Waals surface area contributed by atoms with E-state index in [0.29, 0.717) is 35.7 Å². The molecule has 6 nitrogen and oxygen atoms in total. The Kier molecular flexibility index (Phi) is 8.55. The van der Waals surface area contributed by atoms with Crippen molar-refractivity contribution in [2.75, 3.05) is 17.2 Å². The largest absolute Gasteiger partial charge is 0.492 e. The number of ether oxygens (including phenoxy) is 1. The molecule has 0 heterocycles. The summed E-state index contributed by atoms with van der Waals surface area (Å²) >= 11 is 5.35. The molecule has 170 valence electrons. The zero-order valence-electron chi connectivity index (χ0n) is 18.7. The molecule has 0 spiro atoms. The second-order valence-corrected chi connectivity index (χ2v) is 7.78. The molecule has 3 aromatic rings. The highest BCUT2D eigenvalue weighted by Crippen LogP contribution is 2.24. The molecule has 0 saturated carbocycles. The molecule has 3 rings (SSSR count). The molecule has 0 atom stereocenters. The lowest BCUT2D eigenvalue weighted by Gasteiger charge is -2.16. The minimum Gasteiger partial charge on any atom is -0.492 e. The van der Waals surface area contributed by atoms with E-state index in [1.54, 1.807) is 31.2 Å². The number of rotatable bonds is 8. The molecule has 0 saturated heterocycles. The Bertz CT molecular complexity index is 1130. The van der Waals surface area contributed by atoms with Gasteiger partial charge in [-0.15, -0.1) is 0 Å². The summed E-state index contributed by atoms with van der Waals surface area (Å²) < 4.78 is 5.88. The Morgan fingerprint density at radius 1 is 0.879 bits per heavy atom. The van der Waals surface area contributed by atoms with E-state index in [2.05, 4.69) is 16.0 Å². The van der Waals surface area contributed by atoms with E-state index in [-0.39, 0.29) is 16.9 Å². The summed E-state index contributed by atoms with van der Waals surface area (Å²) in [5.74, 6) is 0.0556. The fourth-order valence-corrected chi connectivity index (χ4v) is 3.38. The molecular formula is C26H27N3O3S. The topological polar surface area (TPSA) is 79.5 Å². The van der Waals surface area contributed by atoms with Crippen molar-refractivity contribution in [2.24, 2.45) is 0 Å². The molecule has 0 unspecified atom stereocenters. The third kappa shape index (κ3) is 6.89. The lowest BCUT2D eigenvalue weighted by Crippen LogP contribution is -2.34. The fraction of sp³-hybridized carbons (Fsp3) is 0.192. The van der Waals surface area contributed by atoms with Crippen LogP contribution in [0, 0.1) is 6.92 Å². The molecule has 7 heteroatoms. The lowest BCUT2D eigenvalue weighted by molar-refractivity contribution is -0.115. The van der Waals surface area contributed by atoms with Crippen molar-refractivity contribution in [1.29, 1.82) is 0 Å². The van der Waals surface area contributed by atoms with Crippen LogP contribution in [0.25, 0.3) is 0 Å². The molecule has 0 aliphatic carbocycles. The van der Waals surface area contributed by atoms with Gasteiger partial charge in [0, 0.05) is 24.2 Å². The van der Waals surface area contributed by atoms with E-state index in [1.807, 2.05) is 55.5 Å². The Hall–Kier alpha value is -3.71. The number of carbonyl (C=O) groups excluding carboxylic acids is 2. The molecule has 0 bridgehead atoms. The van der Waals surface area contributed by atoms with Crippen LogP contribution in [0.1, 0.15) is 34.8 Å². The van der Waals surface area contributed by atoms with Crippen molar-refractivity contribution >= 4 is 40.5 Å². The monoisotopic (exact) mass is 461 g/mol. The smallest absolute Gasteiger partial charge is 0.261 e. The van der Waals surface area contributed by atoms with Gasteiger partial charge in [-0.2, -0.15) is 0 Å². The van der Waals surface area contributed by atoms with Gasteiger partial charge in [0.05, 0.1) is 12.2 Å². The summed E-state index contributed by atoms with van der Waals surface area (Å²) in [5, 5.41) is 8.75. The maximum Gasteiger partial charge on any atom is 0.261 e. The predicted molar refractivity (Wildman–Crippen MR) is 136 cm³/mol. The summed E-state index contributed by atoms with van der Waals surface area (Å²) in [5.41, 5.74) is 3.77. The minimum absolute atomic E-state index is 0.0741. The van der Waals surface area contributed by atoms with Gasteiger partial charge < -0.3 is 15.4 Å². The average Bonchev–Trinajstić information content (AvgIpc) is 2.82. The van der Waals surface area contributed by atoms with Crippen LogP contribution < -0.4 is 20.7 Å². The first-order chi connectivity index (χ1) is 16.0. The predicted octanol–water partition coefficient (Wildman–Crippen LogP) is 5.09. The number of benzene rings is 3. The highest BCUT2D eigenvalue weighted by Gasteiger charge is 2.15. The van der Waals surface area contributed by atoms with Crippen molar-refractivity contribution in [3.8, 4) is 5.75 Å². The Morgan fingerprint density at radius 2 is 1.55 bits per heavy atom. The maximum atomic E-state index is 12.9. The zero-order valence-corrected chi connectivity index (χ0v) is 19.5. The third-order valence-electron chi connectivity index (χ3n) is 5.03. The number of anilines is 2. The SMILES string of the molecule is CCC(=O)Nc1cccc(NC(=S)NC(=O)c2ccccc2OCCc2ccccc2)c1C. The zero-order chi connectivity index (χ0) is 23.6. The van der Waals surface area contributed by atoms with E-state index in [1.165, 1.54) is 0 Å². The van der Waals surface area contributed by atoms with Crippen molar-refractivity contribution in [3.05, 3.63) is 89.5 Å². The Labute approximate surface area is 199 Å². The van der Waals surface area contributed by atoms with Crippen molar-refractivity contribution < 1.29 is 14.3 Å². The normalized spacial score (nSPS) is 10.2. The first-order valence-corrected chi connectivity index (χ1v) is 11.2. The van der Waals surface area contributed by atoms with E-state index in [4.69, 9.17) is 17.0 Å². The second kappa shape index (κ2) is 11.8. The molecule has 0 aromatic heterocycles. The number of para-hydroxylation sites is 1. The van der Waals surface area contributed by atoms with Gasteiger partial charge in [0.2, 0.25) is 5.91 Å². The van der Waals surface area contributed by atoms with Gasteiger partial charge in [-0.1, -0.05) is 55.5 Å². The van der Waals surface area contributed by atoms with Crippen LogP contribution in [0.5, 0.6) is 5.75 Å². The summed E-state index contributed by atoms with van der Waals surface area (Å²) in [6.45, 7) is 4.11. The fourth-order valence-electron chi connectivity index (χ4n) is 3.17. The summed E-state index contributed by atoms with van der Waals surface area (Å²) in [6, 6.07) is 22.5. The van der Waals surface area contributed by atoms with Gasteiger partial charge in [0.15, 0.2) is 5.11 Å². The molecule has 0 aliphatic rings. The van der Waals surface area contributed by atoms with E-state index in [0.717, 1.165) is 17.5 Å². The molecule has 2 amide bonds. The molecule has 3 aromatic carbocycles. The van der Waals surface area contributed by atoms with Crippen LogP contribution in [0.2, 0.25) is 0 Å². The number of thiocarbonyl (C=S) groups is 1. The first-order valence-electron chi connectivity index (χ1n) is 10.8. The lowest BCUT2D eigenvalue weighted by atomic mass is 10.1. The number of hydrogen-bond acceptors (Lipinski definition) is 4. The summed E-state index contributed by atoms with van der Waals surface area (Å²) in [4.78, 5) is 24.6. The van der Waals surface area contributed by atoms with E-state index >= 15 is 0 Å². The van der Waals surface area contributed by atoms with Crippen LogP contribution >= 0.6 is 12.2 Å². The third-order valence-corrected chi connectivity index (χ3v) is 5.23. The molecule has 3 N–H and O–H groups in total. The van der Waals surface area contributed by atoms with Crippen LogP contribution in [0.4, 0.5) is 11.4 Å². The van der Waals surface area contributed by atoms with E-state index < -0.39 is 0 Å². The number of carbonyl (C=O) groups is 2. The average molecular weight is 462 g/mol. The van der Waals surface area contributed by atoms with Gasteiger partial charge in [-0.05, 0) is 54.5 Å². The quantitative estimate of drug-likeness (QED) is 0.407. The maximum absolute atomic E-state index is 12.9. The van der Waals surface area contributed by atoms with Crippen molar-refractivity contribution in [3.63, 3.8) is 0 Å². The first kappa shape index (κ1) is 23.9. The Balaban J connectivity index is 1.62. The van der Waals surface area contributed by atoms with Crippen LogP contribution in [0.3, 0.4) is 0 Å². The van der Waals surface area contributed by atoms with Gasteiger partial charge in [0.1, 0.15) is 5.75 Å². The number of nitrogens with one attached hydrogen (secondary N) is 3. The standard InChI is InChI=1S/C26H27N3O3S/c1-3-24(30)27-21-13-9-14-22(18(21)2)28-26(33)29-25(31)20-12-7-8-15-23(20)32-17-16-19-10-5-4-6-11-19/h4-15H,3,16-17H2,1-2H3,(H,27,30)(H2,28,29,31,33). The Morgan fingerprint density at radius 3 is 2.27 bits per heavy atom. The minimum atomic E-state index is -0.365. The highest BCUT2D eigenvalue weighted by atomic mass is 32.1. The van der Waals surface area contributed by atoms with Gasteiger partial charge >= 0.3 is 0 Å². The number of amides is 2. The summed E-state index contributed by atoms with van der Waals surface area (Å²) in [7, 11) is 0. The molecule has 33 heavy (non-hydrogen) atoms. The van der Waals surface area contributed by atoms with Crippen molar-refractivity contribution in [1.82, 2.24) is 5.32 Å². The van der Waals surface area contributed by atoms with Gasteiger partial charge in [0.25, 0.3) is 5.91 Å². The summed E-state index contributed by atoms with van der Waals surface area (Å²) in [6.07, 6.45) is 1.12. The molecule has 0 aliphatic heterocycles. The van der Waals surface area contributed by atoms with Crippen LogP contribution in [-0.2, 0) is 11.2 Å². The second-order valence-electron chi connectivity index (χ2n) is 7.37. The highest BCUT2D eigenvalue weighted by molar-refractivity contribution is 7.80. The van der Waals surface area contributed by atoms with Crippen LogP contribution in [-0.4, -0.2) is 23.5 Å².